The summed E-state index contributed by atoms with van der Waals surface area (Å²) in [7, 11) is 1.59. The van der Waals surface area contributed by atoms with Crippen LogP contribution in [0.25, 0.3) is 11.0 Å². The van der Waals surface area contributed by atoms with Crippen molar-refractivity contribution in [3.63, 3.8) is 0 Å². The quantitative estimate of drug-likeness (QED) is 0.0871. The van der Waals surface area contributed by atoms with Crippen molar-refractivity contribution in [2.24, 2.45) is 5.84 Å². The Hall–Kier alpha value is -4.13. The van der Waals surface area contributed by atoms with Crippen LogP contribution in [0.5, 0.6) is 0 Å². The molecule has 0 saturated heterocycles. The highest BCUT2D eigenvalue weighted by Gasteiger charge is 2.36. The van der Waals surface area contributed by atoms with Crippen molar-refractivity contribution in [3.05, 3.63) is 81.9 Å². The molecule has 0 radical (unpaired) electrons. The van der Waals surface area contributed by atoms with Crippen molar-refractivity contribution in [1.82, 2.24) is 9.97 Å². The maximum atomic E-state index is 13.6. The molecule has 0 saturated carbocycles. The van der Waals surface area contributed by atoms with Gasteiger partial charge in [-0.05, 0) is 55.3 Å². The molecule has 1 heterocycles. The standard InChI is InChI=1S/C27H26ClF3N6O3/c1-15-20(28)9-5-10-21(15)34-24(38)18-13-16(14-22-23(18)36-26(35-22)33-11-6-12-40-2)37(32)25(39)17-7-3-4-8-19(17)27(29,30)31/h3-5,7-10,13-14H,6,11-12,32H2,1-2H3,(H,34,38)(H2,33,35,36). The Morgan fingerprint density at radius 2 is 1.88 bits per heavy atom. The maximum absolute atomic E-state index is 13.6. The zero-order valence-electron chi connectivity index (χ0n) is 21.5. The molecule has 0 aliphatic rings. The van der Waals surface area contributed by atoms with Crippen molar-refractivity contribution in [2.75, 3.05) is 35.9 Å². The van der Waals surface area contributed by atoms with Crippen molar-refractivity contribution < 1.29 is 27.5 Å². The molecular weight excluding hydrogens is 549 g/mol. The van der Waals surface area contributed by atoms with Crippen LogP contribution < -0.4 is 21.5 Å². The summed E-state index contributed by atoms with van der Waals surface area (Å²) in [5.41, 5.74) is -0.106. The van der Waals surface area contributed by atoms with E-state index in [1.54, 1.807) is 32.2 Å². The van der Waals surface area contributed by atoms with Crippen LogP contribution in [0.4, 0.5) is 30.5 Å². The normalized spacial score (nSPS) is 11.5. The number of hydrogen-bond acceptors (Lipinski definition) is 6. The summed E-state index contributed by atoms with van der Waals surface area (Å²) in [6.07, 6.45) is -4.09. The van der Waals surface area contributed by atoms with Gasteiger partial charge in [-0.3, -0.25) is 9.59 Å². The smallest absolute Gasteiger partial charge is 0.385 e. The molecule has 3 aromatic carbocycles. The lowest BCUT2D eigenvalue weighted by molar-refractivity contribution is -0.137. The second-order valence-corrected chi connectivity index (χ2v) is 9.24. The number of H-pyrrole nitrogens is 1. The zero-order valence-corrected chi connectivity index (χ0v) is 22.3. The molecule has 0 atom stereocenters. The number of carbonyl (C=O) groups excluding carboxylic acids is 2. The lowest BCUT2D eigenvalue weighted by Crippen LogP contribution is -2.38. The fraction of sp³-hybridized carbons (Fsp3) is 0.222. The first-order chi connectivity index (χ1) is 19.0. The number of imidazole rings is 1. The minimum atomic E-state index is -4.77. The predicted octanol–water partition coefficient (Wildman–Crippen LogP) is 5.76. The van der Waals surface area contributed by atoms with E-state index in [9.17, 15) is 22.8 Å². The number of alkyl halides is 3. The van der Waals surface area contributed by atoms with Crippen molar-refractivity contribution >= 4 is 51.8 Å². The van der Waals surface area contributed by atoms with Gasteiger partial charge in [-0.1, -0.05) is 29.8 Å². The Bertz CT molecular complexity index is 1560. The summed E-state index contributed by atoms with van der Waals surface area (Å²) in [5.74, 6) is 4.70. The molecule has 0 unspecified atom stereocenters. The number of rotatable bonds is 9. The molecule has 5 N–H and O–H groups in total. The molecule has 0 spiro atoms. The molecule has 1 aromatic heterocycles. The van der Waals surface area contributed by atoms with E-state index in [4.69, 9.17) is 22.2 Å². The minimum absolute atomic E-state index is 0.0282. The molecule has 4 rings (SSSR count). The zero-order chi connectivity index (χ0) is 29.0. The van der Waals surface area contributed by atoms with E-state index in [1.165, 1.54) is 24.3 Å². The number of amides is 2. The Labute approximate surface area is 232 Å². The van der Waals surface area contributed by atoms with Gasteiger partial charge in [0.25, 0.3) is 11.8 Å². The van der Waals surface area contributed by atoms with Gasteiger partial charge in [0.15, 0.2) is 0 Å². The molecule has 0 aliphatic heterocycles. The molecule has 0 aliphatic carbocycles. The number of nitrogens with two attached hydrogens (primary N) is 1. The van der Waals surface area contributed by atoms with E-state index in [0.717, 1.165) is 12.1 Å². The summed E-state index contributed by atoms with van der Waals surface area (Å²) in [5, 5.41) is 6.88. The third-order valence-corrected chi connectivity index (χ3v) is 6.52. The van der Waals surface area contributed by atoms with Crippen LogP contribution in [0, 0.1) is 6.92 Å². The van der Waals surface area contributed by atoms with Crippen LogP contribution in [0.2, 0.25) is 5.02 Å². The first kappa shape index (κ1) is 28.9. The first-order valence-corrected chi connectivity index (χ1v) is 12.5. The molecular formula is C27H26ClF3N6O3. The van der Waals surface area contributed by atoms with E-state index >= 15 is 0 Å². The summed E-state index contributed by atoms with van der Waals surface area (Å²) < 4.78 is 45.8. The Morgan fingerprint density at radius 3 is 2.60 bits per heavy atom. The van der Waals surface area contributed by atoms with Crippen molar-refractivity contribution in [3.8, 4) is 0 Å². The topological polar surface area (TPSA) is 125 Å². The van der Waals surface area contributed by atoms with E-state index in [0.29, 0.717) is 52.3 Å². The first-order valence-electron chi connectivity index (χ1n) is 12.1. The SMILES string of the molecule is COCCCNc1nc2c(C(=O)Nc3cccc(Cl)c3C)cc(N(N)C(=O)c3ccccc3C(F)(F)F)cc2[nH]1. The second-order valence-electron chi connectivity index (χ2n) is 8.83. The number of anilines is 3. The van der Waals surface area contributed by atoms with Gasteiger partial charge in [0.1, 0.15) is 5.52 Å². The van der Waals surface area contributed by atoms with Gasteiger partial charge < -0.3 is 20.4 Å². The second kappa shape index (κ2) is 11.9. The van der Waals surface area contributed by atoms with Crippen LogP contribution in [0.1, 0.15) is 38.3 Å². The average Bonchev–Trinajstić information content (AvgIpc) is 3.34. The summed E-state index contributed by atoms with van der Waals surface area (Å²) >= 11 is 6.19. The summed E-state index contributed by atoms with van der Waals surface area (Å²) in [6.45, 7) is 2.77. The van der Waals surface area contributed by atoms with Crippen LogP contribution in [0.15, 0.2) is 54.6 Å². The van der Waals surface area contributed by atoms with Gasteiger partial charge in [0.2, 0.25) is 5.95 Å². The summed E-state index contributed by atoms with van der Waals surface area (Å²) in [4.78, 5) is 34.1. The minimum Gasteiger partial charge on any atom is -0.385 e. The monoisotopic (exact) mass is 574 g/mol. The van der Waals surface area contributed by atoms with Gasteiger partial charge in [-0.15, -0.1) is 0 Å². The largest absolute Gasteiger partial charge is 0.417 e. The molecule has 9 nitrogen and oxygen atoms in total. The lowest BCUT2D eigenvalue weighted by Gasteiger charge is -2.20. The van der Waals surface area contributed by atoms with Gasteiger partial charge >= 0.3 is 6.18 Å². The number of hydrogen-bond donors (Lipinski definition) is 4. The van der Waals surface area contributed by atoms with Crippen LogP contribution in [-0.2, 0) is 10.9 Å². The number of hydrazine groups is 1. The third kappa shape index (κ3) is 6.19. The van der Waals surface area contributed by atoms with E-state index in [2.05, 4.69) is 20.6 Å². The molecule has 210 valence electrons. The number of fused-ring (bicyclic) bond motifs is 1. The third-order valence-electron chi connectivity index (χ3n) is 6.11. The van der Waals surface area contributed by atoms with Gasteiger partial charge in [0, 0.05) is 31.0 Å². The molecule has 0 fully saturated rings. The van der Waals surface area contributed by atoms with Crippen LogP contribution >= 0.6 is 11.6 Å². The van der Waals surface area contributed by atoms with Crippen molar-refractivity contribution in [2.45, 2.75) is 19.5 Å². The number of nitrogens with one attached hydrogen (secondary N) is 3. The van der Waals surface area contributed by atoms with E-state index in [-0.39, 0.29) is 16.8 Å². The molecule has 40 heavy (non-hydrogen) atoms. The van der Waals surface area contributed by atoms with Crippen LogP contribution in [-0.4, -0.2) is 42.0 Å². The summed E-state index contributed by atoms with van der Waals surface area (Å²) in [6, 6.07) is 12.1. The Morgan fingerprint density at radius 1 is 1.12 bits per heavy atom. The van der Waals surface area contributed by atoms with Crippen LogP contribution in [0.3, 0.4) is 0 Å². The molecule has 13 heteroatoms. The number of aromatic amines is 1. The number of ether oxygens (including phenoxy) is 1. The highest BCUT2D eigenvalue weighted by molar-refractivity contribution is 6.31. The maximum Gasteiger partial charge on any atom is 0.417 e. The molecule has 2 amide bonds. The van der Waals surface area contributed by atoms with E-state index < -0.39 is 29.1 Å². The Balaban J connectivity index is 1.76. The number of methoxy groups -OCH3 is 1. The van der Waals surface area contributed by atoms with E-state index in [1.807, 2.05) is 0 Å². The molecule has 4 aromatic rings. The fourth-order valence-electron chi connectivity index (χ4n) is 4.02. The lowest BCUT2D eigenvalue weighted by atomic mass is 10.1. The number of benzene rings is 3. The molecule has 0 bridgehead atoms. The van der Waals surface area contributed by atoms with Gasteiger partial charge in [-0.25, -0.2) is 15.8 Å². The van der Waals surface area contributed by atoms with Gasteiger partial charge in [-0.2, -0.15) is 13.2 Å². The highest BCUT2D eigenvalue weighted by atomic mass is 35.5. The fourth-order valence-corrected chi connectivity index (χ4v) is 4.19. The highest BCUT2D eigenvalue weighted by Crippen LogP contribution is 2.34. The number of aromatic nitrogens is 2. The number of halogens is 4. The van der Waals surface area contributed by atoms with Crippen molar-refractivity contribution in [1.29, 1.82) is 0 Å². The average molecular weight is 575 g/mol. The Kier molecular flexibility index (Phi) is 8.62. The number of nitrogens with zero attached hydrogens (tertiary/aromatic N) is 2. The predicted molar refractivity (Wildman–Crippen MR) is 148 cm³/mol. The number of carbonyl (C=O) groups is 2. The van der Waals surface area contributed by atoms with Gasteiger partial charge in [0.05, 0.1) is 27.9 Å².